The van der Waals surface area contributed by atoms with Crippen molar-refractivity contribution in [3.05, 3.63) is 34.1 Å². The first-order valence-electron chi connectivity index (χ1n) is 7.25. The van der Waals surface area contributed by atoms with Crippen molar-refractivity contribution >= 4 is 15.9 Å². The second-order valence-electron chi connectivity index (χ2n) is 5.03. The van der Waals surface area contributed by atoms with Gasteiger partial charge in [-0.15, -0.1) is 0 Å². The monoisotopic (exact) mass is 345 g/mol. The van der Waals surface area contributed by atoms with E-state index >= 15 is 0 Å². The highest BCUT2D eigenvalue weighted by atomic mass is 79.9. The number of methoxy groups -OCH3 is 1. The molecule has 0 bridgehead atoms. The van der Waals surface area contributed by atoms with E-state index in [0.717, 1.165) is 35.8 Å². The van der Waals surface area contributed by atoms with Crippen molar-refractivity contribution in [1.29, 1.82) is 0 Å². The maximum absolute atomic E-state index is 13.5. The molecular weight excluding hydrogens is 321 g/mol. The molecular formula is C16H25BrFNO. The van der Waals surface area contributed by atoms with E-state index < -0.39 is 0 Å². The summed E-state index contributed by atoms with van der Waals surface area (Å²) in [6.45, 7) is 7.22. The number of ether oxygens (including phenoxy) is 1. The molecule has 0 radical (unpaired) electrons. The zero-order valence-electron chi connectivity index (χ0n) is 12.8. The van der Waals surface area contributed by atoms with Crippen LogP contribution >= 0.6 is 15.9 Å². The predicted molar refractivity (Wildman–Crippen MR) is 85.6 cm³/mol. The highest BCUT2D eigenvalue weighted by molar-refractivity contribution is 9.10. The normalized spacial score (nSPS) is 13.5. The molecule has 0 amide bonds. The number of hydrogen-bond acceptors (Lipinski definition) is 2. The SMILES string of the molecule is CCNC(Cc1cc(F)ccc1Br)C(CC)(CC)OC. The van der Waals surface area contributed by atoms with Crippen LogP contribution < -0.4 is 5.32 Å². The van der Waals surface area contributed by atoms with Crippen molar-refractivity contribution in [2.24, 2.45) is 0 Å². The van der Waals surface area contributed by atoms with Gasteiger partial charge < -0.3 is 10.1 Å². The maximum atomic E-state index is 13.5. The van der Waals surface area contributed by atoms with Crippen molar-refractivity contribution < 1.29 is 9.13 Å². The van der Waals surface area contributed by atoms with Gasteiger partial charge in [0.15, 0.2) is 0 Å². The number of nitrogens with one attached hydrogen (secondary N) is 1. The standard InChI is InChI=1S/C16H25BrFNO/c1-5-16(6-2,20-4)15(19-7-3)11-12-10-13(18)8-9-14(12)17/h8-10,15,19H,5-7,11H2,1-4H3. The molecule has 1 unspecified atom stereocenters. The molecule has 4 heteroatoms. The average Bonchev–Trinajstić information content (AvgIpc) is 2.45. The van der Waals surface area contributed by atoms with Gasteiger partial charge in [0.1, 0.15) is 5.82 Å². The van der Waals surface area contributed by atoms with Crippen LogP contribution in [-0.2, 0) is 11.2 Å². The summed E-state index contributed by atoms with van der Waals surface area (Å²) in [6, 6.07) is 4.99. The number of likely N-dealkylation sites (N-methyl/N-ethyl adjacent to an activating group) is 1. The first-order chi connectivity index (χ1) is 9.52. The van der Waals surface area contributed by atoms with E-state index in [4.69, 9.17) is 4.74 Å². The molecule has 0 heterocycles. The van der Waals surface area contributed by atoms with Crippen molar-refractivity contribution in [1.82, 2.24) is 5.32 Å². The molecule has 20 heavy (non-hydrogen) atoms. The number of hydrogen-bond donors (Lipinski definition) is 1. The van der Waals surface area contributed by atoms with Crippen LogP contribution in [0.5, 0.6) is 0 Å². The number of rotatable bonds is 8. The van der Waals surface area contributed by atoms with Gasteiger partial charge in [-0.1, -0.05) is 36.7 Å². The predicted octanol–water partition coefficient (Wildman–Crippen LogP) is 4.31. The molecule has 0 aromatic heterocycles. The third kappa shape index (κ3) is 4.03. The molecule has 0 aliphatic carbocycles. The summed E-state index contributed by atoms with van der Waals surface area (Å²) < 4.78 is 20.2. The summed E-state index contributed by atoms with van der Waals surface area (Å²) in [5.41, 5.74) is 0.751. The third-order valence-corrected chi connectivity index (χ3v) is 4.89. The Morgan fingerprint density at radius 1 is 1.30 bits per heavy atom. The van der Waals surface area contributed by atoms with Gasteiger partial charge in [0.25, 0.3) is 0 Å². The largest absolute Gasteiger partial charge is 0.377 e. The van der Waals surface area contributed by atoms with E-state index in [9.17, 15) is 4.39 Å². The van der Waals surface area contributed by atoms with Crippen molar-refractivity contribution in [2.75, 3.05) is 13.7 Å². The fraction of sp³-hybridized carbons (Fsp3) is 0.625. The Balaban J connectivity index is 3.05. The summed E-state index contributed by atoms with van der Waals surface area (Å²) in [4.78, 5) is 0. The molecule has 1 N–H and O–H groups in total. The Morgan fingerprint density at radius 3 is 2.45 bits per heavy atom. The Hall–Kier alpha value is -0.450. The third-order valence-electron chi connectivity index (χ3n) is 4.12. The molecule has 2 nitrogen and oxygen atoms in total. The second-order valence-corrected chi connectivity index (χ2v) is 5.88. The summed E-state index contributed by atoms with van der Waals surface area (Å²) in [7, 11) is 1.76. The van der Waals surface area contributed by atoms with Gasteiger partial charge >= 0.3 is 0 Å². The van der Waals surface area contributed by atoms with Crippen LogP contribution in [0.1, 0.15) is 39.2 Å². The Bertz CT molecular complexity index is 413. The quantitative estimate of drug-likeness (QED) is 0.757. The van der Waals surface area contributed by atoms with Crippen molar-refractivity contribution in [3.63, 3.8) is 0 Å². The van der Waals surface area contributed by atoms with Crippen LogP contribution in [0.15, 0.2) is 22.7 Å². The number of benzene rings is 1. The minimum absolute atomic E-state index is 0.158. The average molecular weight is 346 g/mol. The van der Waals surface area contributed by atoms with Gasteiger partial charge in [-0.3, -0.25) is 0 Å². The van der Waals surface area contributed by atoms with Crippen LogP contribution in [0.25, 0.3) is 0 Å². The van der Waals surface area contributed by atoms with Gasteiger partial charge in [0.05, 0.1) is 5.60 Å². The molecule has 1 aromatic carbocycles. The molecule has 0 saturated heterocycles. The minimum atomic E-state index is -0.220. The van der Waals surface area contributed by atoms with Gasteiger partial charge in [0, 0.05) is 17.6 Å². The number of halogens is 2. The topological polar surface area (TPSA) is 21.3 Å². The zero-order valence-corrected chi connectivity index (χ0v) is 14.4. The van der Waals surface area contributed by atoms with E-state index in [2.05, 4.69) is 42.0 Å². The maximum Gasteiger partial charge on any atom is 0.123 e. The van der Waals surface area contributed by atoms with Gasteiger partial charge in [-0.05, 0) is 49.6 Å². The fourth-order valence-electron chi connectivity index (χ4n) is 2.78. The molecule has 0 aliphatic heterocycles. The zero-order chi connectivity index (χ0) is 15.2. The lowest BCUT2D eigenvalue weighted by Crippen LogP contribution is -2.52. The van der Waals surface area contributed by atoms with Crippen LogP contribution in [0.3, 0.4) is 0 Å². The van der Waals surface area contributed by atoms with E-state index in [1.165, 1.54) is 6.07 Å². The molecule has 0 aliphatic rings. The second kappa shape index (κ2) is 8.11. The molecule has 1 atom stereocenters. The van der Waals surface area contributed by atoms with Gasteiger partial charge in [0.2, 0.25) is 0 Å². The Kier molecular flexibility index (Phi) is 7.13. The highest BCUT2D eigenvalue weighted by Crippen LogP contribution is 2.29. The summed E-state index contributed by atoms with van der Waals surface area (Å²) in [5, 5.41) is 3.50. The highest BCUT2D eigenvalue weighted by Gasteiger charge is 2.35. The first kappa shape index (κ1) is 17.6. The molecule has 1 aromatic rings. The van der Waals surface area contributed by atoms with E-state index in [0.29, 0.717) is 0 Å². The molecule has 1 rings (SSSR count). The lowest BCUT2D eigenvalue weighted by Gasteiger charge is -2.39. The lowest BCUT2D eigenvalue weighted by atomic mass is 9.84. The van der Waals surface area contributed by atoms with Crippen molar-refractivity contribution in [2.45, 2.75) is 51.7 Å². The molecule has 0 fully saturated rings. The summed E-state index contributed by atoms with van der Waals surface area (Å²) in [6.07, 6.45) is 2.58. The molecule has 0 saturated carbocycles. The minimum Gasteiger partial charge on any atom is -0.377 e. The Morgan fingerprint density at radius 2 is 1.95 bits per heavy atom. The smallest absolute Gasteiger partial charge is 0.123 e. The van der Waals surface area contributed by atoms with E-state index in [1.54, 1.807) is 19.2 Å². The van der Waals surface area contributed by atoms with E-state index in [1.807, 2.05) is 0 Å². The van der Waals surface area contributed by atoms with Crippen LogP contribution in [0, 0.1) is 5.82 Å². The van der Waals surface area contributed by atoms with Gasteiger partial charge in [-0.2, -0.15) is 0 Å². The summed E-state index contributed by atoms with van der Waals surface area (Å²) in [5.74, 6) is -0.200. The first-order valence-corrected chi connectivity index (χ1v) is 8.04. The van der Waals surface area contributed by atoms with Gasteiger partial charge in [-0.25, -0.2) is 4.39 Å². The van der Waals surface area contributed by atoms with Crippen molar-refractivity contribution in [3.8, 4) is 0 Å². The molecule has 0 spiro atoms. The van der Waals surface area contributed by atoms with E-state index in [-0.39, 0.29) is 17.5 Å². The Labute approximate surface area is 130 Å². The fourth-order valence-corrected chi connectivity index (χ4v) is 3.19. The summed E-state index contributed by atoms with van der Waals surface area (Å²) >= 11 is 3.51. The van der Waals surface area contributed by atoms with Crippen LogP contribution in [0.4, 0.5) is 4.39 Å². The lowest BCUT2D eigenvalue weighted by molar-refractivity contribution is -0.0469. The molecule has 114 valence electrons. The van der Waals surface area contributed by atoms with Crippen LogP contribution in [0.2, 0.25) is 0 Å². The van der Waals surface area contributed by atoms with Crippen LogP contribution in [-0.4, -0.2) is 25.3 Å².